The van der Waals surface area contributed by atoms with Crippen molar-refractivity contribution in [1.82, 2.24) is 10.2 Å². The first-order valence-corrected chi connectivity index (χ1v) is 3.96. The normalized spacial score (nSPS) is 19.5. The topological polar surface area (TPSA) is 58.4 Å². The van der Waals surface area contributed by atoms with Gasteiger partial charge in [0.05, 0.1) is 6.04 Å². The van der Waals surface area contributed by atoms with Gasteiger partial charge < -0.3 is 11.1 Å². The fourth-order valence-corrected chi connectivity index (χ4v) is 1.25. The van der Waals surface area contributed by atoms with Gasteiger partial charge in [-0.2, -0.15) is 0 Å². The molecule has 1 heterocycles. The molecule has 0 aromatic carbocycles. The quantitative estimate of drug-likeness (QED) is 0.679. The molecule has 1 aliphatic heterocycles. The van der Waals surface area contributed by atoms with E-state index in [1.807, 2.05) is 6.92 Å². The smallest absolute Gasteiger partial charge is 0.234 e. The van der Waals surface area contributed by atoms with Gasteiger partial charge in [-0.25, -0.2) is 0 Å². The highest BCUT2D eigenvalue weighted by Gasteiger charge is 2.19. The lowest BCUT2D eigenvalue weighted by Gasteiger charge is -2.30. The largest absolute Gasteiger partial charge is 0.368 e. The van der Waals surface area contributed by atoms with Crippen LogP contribution in [0.25, 0.3) is 0 Å². The minimum atomic E-state index is -0.230. The Morgan fingerprint density at radius 2 is 1.85 bits per heavy atom. The zero-order chi connectivity index (χ0) is 8.27. The number of nitrogens with one attached hydrogen (secondary N) is 1. The maximum absolute atomic E-state index is 10.8. The average Bonchev–Trinajstić information content (AvgIpc) is 2.05. The van der Waals surface area contributed by atoms with Gasteiger partial charge >= 0.3 is 0 Å². The van der Waals surface area contributed by atoms with Crippen LogP contribution in [0.2, 0.25) is 0 Å². The molecule has 6 heteroatoms. The van der Waals surface area contributed by atoms with Crippen LogP contribution < -0.4 is 11.1 Å². The molecule has 1 fully saturated rings. The summed E-state index contributed by atoms with van der Waals surface area (Å²) < 4.78 is 0. The third-order valence-corrected chi connectivity index (χ3v) is 2.11. The number of halogens is 2. The lowest BCUT2D eigenvalue weighted by molar-refractivity contribution is -0.122. The molecule has 0 aromatic rings. The fraction of sp³-hybridized carbons (Fsp3) is 0.857. The highest BCUT2D eigenvalue weighted by atomic mass is 35.5. The predicted molar refractivity (Wildman–Crippen MR) is 57.6 cm³/mol. The third-order valence-electron chi connectivity index (χ3n) is 2.11. The first-order chi connectivity index (χ1) is 5.22. The molecule has 1 aliphatic rings. The van der Waals surface area contributed by atoms with Gasteiger partial charge in [0.15, 0.2) is 0 Å². The number of nitrogens with zero attached hydrogens (tertiary/aromatic N) is 1. The van der Waals surface area contributed by atoms with Crippen molar-refractivity contribution < 1.29 is 4.79 Å². The van der Waals surface area contributed by atoms with Gasteiger partial charge in [-0.05, 0) is 6.92 Å². The number of nitrogens with two attached hydrogens (primary N) is 1. The van der Waals surface area contributed by atoms with Crippen molar-refractivity contribution in [2.45, 2.75) is 13.0 Å². The van der Waals surface area contributed by atoms with Crippen molar-refractivity contribution in [2.24, 2.45) is 5.73 Å². The van der Waals surface area contributed by atoms with Crippen LogP contribution in [0.15, 0.2) is 0 Å². The molecule has 1 atom stereocenters. The van der Waals surface area contributed by atoms with Gasteiger partial charge in [0, 0.05) is 26.2 Å². The maximum atomic E-state index is 10.8. The third kappa shape index (κ3) is 4.67. The highest BCUT2D eigenvalue weighted by molar-refractivity contribution is 5.85. The molecule has 1 saturated heterocycles. The van der Waals surface area contributed by atoms with Crippen LogP contribution in [0.1, 0.15) is 6.92 Å². The molecule has 3 N–H and O–H groups in total. The highest BCUT2D eigenvalue weighted by Crippen LogP contribution is 1.99. The Morgan fingerprint density at radius 1 is 1.38 bits per heavy atom. The second kappa shape index (κ2) is 7.38. The molecule has 0 saturated carbocycles. The Bertz CT molecular complexity index is 151. The number of hydrogen-bond acceptors (Lipinski definition) is 3. The van der Waals surface area contributed by atoms with Crippen LogP contribution in [0.3, 0.4) is 0 Å². The van der Waals surface area contributed by atoms with E-state index < -0.39 is 0 Å². The summed E-state index contributed by atoms with van der Waals surface area (Å²) in [5.74, 6) is -0.230. The number of hydrogen-bond donors (Lipinski definition) is 2. The zero-order valence-electron chi connectivity index (χ0n) is 7.66. The summed E-state index contributed by atoms with van der Waals surface area (Å²) in [4.78, 5) is 12.9. The number of carbonyl (C=O) groups is 1. The van der Waals surface area contributed by atoms with Crippen LogP contribution in [-0.2, 0) is 4.79 Å². The van der Waals surface area contributed by atoms with E-state index in [-0.39, 0.29) is 36.8 Å². The molecule has 0 radical (unpaired) electrons. The summed E-state index contributed by atoms with van der Waals surface area (Å²) in [6.07, 6.45) is 0. The van der Waals surface area contributed by atoms with Crippen LogP contribution in [0, 0.1) is 0 Å². The van der Waals surface area contributed by atoms with E-state index in [1.54, 1.807) is 0 Å². The Labute approximate surface area is 91.0 Å². The first kappa shape index (κ1) is 15.4. The average molecular weight is 230 g/mol. The molecule has 80 valence electrons. The Kier molecular flexibility index (Phi) is 8.77. The van der Waals surface area contributed by atoms with Crippen LogP contribution in [0.5, 0.6) is 0 Å². The summed E-state index contributed by atoms with van der Waals surface area (Å²) >= 11 is 0. The van der Waals surface area contributed by atoms with Crippen molar-refractivity contribution in [3.8, 4) is 0 Å². The molecule has 1 amide bonds. The Morgan fingerprint density at radius 3 is 2.23 bits per heavy atom. The van der Waals surface area contributed by atoms with E-state index >= 15 is 0 Å². The SMILES string of the molecule is CC(C(N)=O)N1CCNCC1.Cl.Cl. The molecular formula is C7H17Cl2N3O. The summed E-state index contributed by atoms with van der Waals surface area (Å²) in [6.45, 7) is 5.61. The minimum Gasteiger partial charge on any atom is -0.368 e. The van der Waals surface area contributed by atoms with E-state index in [1.165, 1.54) is 0 Å². The zero-order valence-corrected chi connectivity index (χ0v) is 9.29. The minimum absolute atomic E-state index is 0. The second-order valence-corrected chi connectivity index (χ2v) is 2.86. The first-order valence-electron chi connectivity index (χ1n) is 3.96. The second-order valence-electron chi connectivity index (χ2n) is 2.86. The van der Waals surface area contributed by atoms with Gasteiger partial charge in [0.2, 0.25) is 5.91 Å². The van der Waals surface area contributed by atoms with Crippen LogP contribution in [-0.4, -0.2) is 43.0 Å². The predicted octanol–water partition coefficient (Wildman–Crippen LogP) is -0.391. The number of carbonyl (C=O) groups excluding carboxylic acids is 1. The molecule has 1 rings (SSSR count). The van der Waals surface area contributed by atoms with E-state index in [4.69, 9.17) is 5.73 Å². The van der Waals surface area contributed by atoms with Gasteiger partial charge in [-0.15, -0.1) is 24.8 Å². The number of primary amides is 1. The van der Waals surface area contributed by atoms with Crippen molar-refractivity contribution in [3.63, 3.8) is 0 Å². The summed E-state index contributed by atoms with van der Waals surface area (Å²) in [6, 6.07) is -0.114. The number of piperazine rings is 1. The molecule has 0 aliphatic carbocycles. The van der Waals surface area contributed by atoms with E-state index in [0.717, 1.165) is 26.2 Å². The van der Waals surface area contributed by atoms with Gasteiger partial charge in [0.1, 0.15) is 0 Å². The standard InChI is InChI=1S/C7H15N3O.2ClH/c1-6(7(8)11)10-4-2-9-3-5-10;;/h6,9H,2-5H2,1H3,(H2,8,11);2*1H. The van der Waals surface area contributed by atoms with Gasteiger partial charge in [-0.3, -0.25) is 9.69 Å². The summed E-state index contributed by atoms with van der Waals surface area (Å²) in [7, 11) is 0. The molecule has 1 unspecified atom stereocenters. The van der Waals surface area contributed by atoms with Crippen LogP contribution >= 0.6 is 24.8 Å². The number of rotatable bonds is 2. The maximum Gasteiger partial charge on any atom is 0.234 e. The van der Waals surface area contributed by atoms with Crippen molar-refractivity contribution in [3.05, 3.63) is 0 Å². The molecule has 4 nitrogen and oxygen atoms in total. The molecule has 0 spiro atoms. The van der Waals surface area contributed by atoms with Crippen molar-refractivity contribution >= 4 is 30.7 Å². The fourth-order valence-electron chi connectivity index (χ4n) is 1.25. The molecule has 0 bridgehead atoms. The number of amides is 1. The van der Waals surface area contributed by atoms with Gasteiger partial charge in [-0.1, -0.05) is 0 Å². The Balaban J connectivity index is 0. The van der Waals surface area contributed by atoms with Crippen molar-refractivity contribution in [1.29, 1.82) is 0 Å². The molecule has 0 aromatic heterocycles. The van der Waals surface area contributed by atoms with Crippen LogP contribution in [0.4, 0.5) is 0 Å². The lowest BCUT2D eigenvalue weighted by Crippen LogP contribution is -2.51. The molecular weight excluding hydrogens is 213 g/mol. The Hall–Kier alpha value is -0.0300. The summed E-state index contributed by atoms with van der Waals surface area (Å²) in [5.41, 5.74) is 5.17. The van der Waals surface area contributed by atoms with Gasteiger partial charge in [0.25, 0.3) is 0 Å². The van der Waals surface area contributed by atoms with E-state index in [0.29, 0.717) is 0 Å². The monoisotopic (exact) mass is 229 g/mol. The van der Waals surface area contributed by atoms with E-state index in [9.17, 15) is 4.79 Å². The van der Waals surface area contributed by atoms with Crippen molar-refractivity contribution in [2.75, 3.05) is 26.2 Å². The van der Waals surface area contributed by atoms with E-state index in [2.05, 4.69) is 10.2 Å². The summed E-state index contributed by atoms with van der Waals surface area (Å²) in [5, 5.41) is 3.21. The lowest BCUT2D eigenvalue weighted by atomic mass is 10.2. The molecule has 13 heavy (non-hydrogen) atoms.